The molecule has 0 saturated heterocycles. The zero-order valence-electron chi connectivity index (χ0n) is 17.0. The van der Waals surface area contributed by atoms with Gasteiger partial charge in [-0.25, -0.2) is 0 Å². The number of carbonyl (C=O) groups excluding carboxylic acids is 1. The minimum atomic E-state index is -0.194. The summed E-state index contributed by atoms with van der Waals surface area (Å²) in [5.74, 6) is 1.04. The standard InChI is InChI=1S/C24H24N2O4/c1-26(21-11-7-4-8-12-21)24(27)18-30-25-16-20-13-14-22(23(15-20)28-2)29-17-19-9-5-3-6-10-19/h3-16H,17-18H2,1-2H3/b25-16-. The summed E-state index contributed by atoms with van der Waals surface area (Å²) in [5.41, 5.74) is 2.64. The fourth-order valence-electron chi connectivity index (χ4n) is 2.70. The number of methoxy groups -OCH3 is 1. The minimum absolute atomic E-state index is 0.155. The number of ether oxygens (including phenoxy) is 2. The molecule has 1 amide bonds. The Balaban J connectivity index is 1.53. The predicted molar refractivity (Wildman–Crippen MR) is 117 cm³/mol. The molecule has 0 aliphatic heterocycles. The lowest BCUT2D eigenvalue weighted by Gasteiger charge is -2.16. The SMILES string of the molecule is COc1cc(/C=N\OCC(=O)N(C)c2ccccc2)ccc1OCc1ccccc1. The monoisotopic (exact) mass is 404 g/mol. The Bertz CT molecular complexity index is 975. The summed E-state index contributed by atoms with van der Waals surface area (Å²) in [6.07, 6.45) is 1.53. The number of likely N-dealkylation sites (N-methyl/N-ethyl adjacent to an activating group) is 1. The second-order valence-corrected chi connectivity index (χ2v) is 6.48. The van der Waals surface area contributed by atoms with E-state index in [-0.39, 0.29) is 12.5 Å². The molecule has 0 fully saturated rings. The van der Waals surface area contributed by atoms with Gasteiger partial charge in [-0.05, 0) is 35.9 Å². The third-order valence-corrected chi connectivity index (χ3v) is 4.41. The Morgan fingerprint density at radius 3 is 2.37 bits per heavy atom. The van der Waals surface area contributed by atoms with Crippen molar-refractivity contribution in [3.05, 3.63) is 90.0 Å². The minimum Gasteiger partial charge on any atom is -0.493 e. The first-order valence-corrected chi connectivity index (χ1v) is 9.49. The van der Waals surface area contributed by atoms with E-state index in [9.17, 15) is 4.79 Å². The first-order chi connectivity index (χ1) is 14.7. The highest BCUT2D eigenvalue weighted by Gasteiger charge is 2.11. The molecule has 0 saturated carbocycles. The zero-order chi connectivity index (χ0) is 21.2. The van der Waals surface area contributed by atoms with Crippen molar-refractivity contribution in [2.75, 3.05) is 25.7 Å². The van der Waals surface area contributed by atoms with Crippen LogP contribution in [0.15, 0.2) is 84.0 Å². The van der Waals surface area contributed by atoms with E-state index < -0.39 is 0 Å². The van der Waals surface area contributed by atoms with E-state index in [1.54, 1.807) is 20.2 Å². The molecule has 0 heterocycles. The predicted octanol–water partition coefficient (Wildman–Crippen LogP) is 4.29. The fraction of sp³-hybridized carbons (Fsp3) is 0.167. The van der Waals surface area contributed by atoms with Crippen LogP contribution >= 0.6 is 0 Å². The first kappa shape index (κ1) is 20.9. The topological polar surface area (TPSA) is 60.4 Å². The summed E-state index contributed by atoms with van der Waals surface area (Å²) in [6.45, 7) is 0.294. The molecule has 0 aliphatic rings. The largest absolute Gasteiger partial charge is 0.493 e. The van der Waals surface area contributed by atoms with Crippen LogP contribution in [0.4, 0.5) is 5.69 Å². The number of carbonyl (C=O) groups is 1. The van der Waals surface area contributed by atoms with Crippen LogP contribution < -0.4 is 14.4 Å². The van der Waals surface area contributed by atoms with Gasteiger partial charge in [0.25, 0.3) is 5.91 Å². The van der Waals surface area contributed by atoms with Crippen LogP contribution in [0.2, 0.25) is 0 Å². The Kier molecular flexibility index (Phi) is 7.44. The number of nitrogens with zero attached hydrogens (tertiary/aromatic N) is 2. The average molecular weight is 404 g/mol. The van der Waals surface area contributed by atoms with Crippen LogP contribution in [0.25, 0.3) is 0 Å². The third-order valence-electron chi connectivity index (χ3n) is 4.41. The van der Waals surface area contributed by atoms with Crippen molar-refractivity contribution < 1.29 is 19.1 Å². The molecule has 6 heteroatoms. The van der Waals surface area contributed by atoms with Gasteiger partial charge < -0.3 is 19.2 Å². The highest BCUT2D eigenvalue weighted by molar-refractivity contribution is 5.93. The number of hydrogen-bond donors (Lipinski definition) is 0. The van der Waals surface area contributed by atoms with Crippen LogP contribution in [-0.4, -0.2) is 32.9 Å². The number of para-hydroxylation sites is 1. The lowest BCUT2D eigenvalue weighted by Crippen LogP contribution is -2.29. The molecule has 3 aromatic carbocycles. The van der Waals surface area contributed by atoms with E-state index in [0.717, 1.165) is 16.8 Å². The van der Waals surface area contributed by atoms with Crippen molar-refractivity contribution in [3.63, 3.8) is 0 Å². The molecule has 6 nitrogen and oxygen atoms in total. The molecular weight excluding hydrogens is 380 g/mol. The summed E-state index contributed by atoms with van der Waals surface area (Å²) < 4.78 is 11.3. The van der Waals surface area contributed by atoms with Crippen LogP contribution in [-0.2, 0) is 16.2 Å². The summed E-state index contributed by atoms with van der Waals surface area (Å²) in [4.78, 5) is 18.9. The van der Waals surface area contributed by atoms with Crippen LogP contribution in [0.3, 0.4) is 0 Å². The van der Waals surface area contributed by atoms with Crippen molar-refractivity contribution in [1.29, 1.82) is 0 Å². The van der Waals surface area contributed by atoms with Crippen molar-refractivity contribution >= 4 is 17.8 Å². The summed E-state index contributed by atoms with van der Waals surface area (Å²) in [7, 11) is 3.28. The maximum absolute atomic E-state index is 12.2. The van der Waals surface area contributed by atoms with Gasteiger partial charge in [0.1, 0.15) is 6.61 Å². The smallest absolute Gasteiger partial charge is 0.267 e. The number of amides is 1. The Morgan fingerprint density at radius 1 is 0.967 bits per heavy atom. The van der Waals surface area contributed by atoms with Gasteiger partial charge in [0.15, 0.2) is 18.1 Å². The van der Waals surface area contributed by atoms with Crippen molar-refractivity contribution in [1.82, 2.24) is 0 Å². The quantitative estimate of drug-likeness (QED) is 0.394. The van der Waals surface area contributed by atoms with Gasteiger partial charge in [0.2, 0.25) is 0 Å². The highest BCUT2D eigenvalue weighted by Crippen LogP contribution is 2.28. The van der Waals surface area contributed by atoms with Gasteiger partial charge >= 0.3 is 0 Å². The summed E-state index contributed by atoms with van der Waals surface area (Å²) in [5, 5.41) is 3.89. The molecule has 0 spiro atoms. The van der Waals surface area contributed by atoms with E-state index in [0.29, 0.717) is 18.1 Å². The molecular formula is C24H24N2O4. The number of hydrogen-bond acceptors (Lipinski definition) is 5. The van der Waals surface area contributed by atoms with Gasteiger partial charge in [0, 0.05) is 18.3 Å². The second kappa shape index (κ2) is 10.7. The molecule has 3 aromatic rings. The van der Waals surface area contributed by atoms with Crippen molar-refractivity contribution in [3.8, 4) is 11.5 Å². The van der Waals surface area contributed by atoms with E-state index in [1.165, 1.54) is 11.1 Å². The van der Waals surface area contributed by atoms with Crippen molar-refractivity contribution in [2.45, 2.75) is 6.61 Å². The molecule has 0 unspecified atom stereocenters. The molecule has 0 bridgehead atoms. The molecule has 0 radical (unpaired) electrons. The molecule has 0 atom stereocenters. The van der Waals surface area contributed by atoms with Crippen LogP contribution in [0.1, 0.15) is 11.1 Å². The van der Waals surface area contributed by atoms with E-state index >= 15 is 0 Å². The highest BCUT2D eigenvalue weighted by atomic mass is 16.6. The maximum Gasteiger partial charge on any atom is 0.267 e. The lowest BCUT2D eigenvalue weighted by molar-refractivity contribution is -0.122. The third kappa shape index (κ3) is 5.85. The summed E-state index contributed by atoms with van der Waals surface area (Å²) >= 11 is 0. The molecule has 0 aromatic heterocycles. The molecule has 0 aliphatic carbocycles. The van der Waals surface area contributed by atoms with Gasteiger partial charge in [0.05, 0.1) is 13.3 Å². The zero-order valence-corrected chi connectivity index (χ0v) is 17.0. The number of oxime groups is 1. The Hall–Kier alpha value is -3.80. The van der Waals surface area contributed by atoms with Crippen LogP contribution in [0.5, 0.6) is 11.5 Å². The molecule has 30 heavy (non-hydrogen) atoms. The van der Waals surface area contributed by atoms with Crippen LogP contribution in [0, 0.1) is 0 Å². The molecule has 3 rings (SSSR count). The Morgan fingerprint density at radius 2 is 1.67 bits per heavy atom. The normalized spacial score (nSPS) is 10.6. The second-order valence-electron chi connectivity index (χ2n) is 6.48. The molecule has 0 N–H and O–H groups in total. The number of anilines is 1. The average Bonchev–Trinajstić information content (AvgIpc) is 2.81. The van der Waals surface area contributed by atoms with Gasteiger partial charge in [-0.1, -0.05) is 53.7 Å². The van der Waals surface area contributed by atoms with E-state index in [4.69, 9.17) is 14.3 Å². The molecule has 154 valence electrons. The first-order valence-electron chi connectivity index (χ1n) is 9.49. The lowest BCUT2D eigenvalue weighted by atomic mass is 10.2. The van der Waals surface area contributed by atoms with E-state index in [2.05, 4.69) is 5.16 Å². The fourth-order valence-corrected chi connectivity index (χ4v) is 2.70. The number of benzene rings is 3. The van der Waals surface area contributed by atoms with E-state index in [1.807, 2.05) is 72.8 Å². The van der Waals surface area contributed by atoms with Gasteiger partial charge in [-0.2, -0.15) is 0 Å². The van der Waals surface area contributed by atoms with Gasteiger partial charge in [-0.15, -0.1) is 0 Å². The maximum atomic E-state index is 12.2. The summed E-state index contributed by atoms with van der Waals surface area (Å²) in [6, 6.07) is 24.7. The Labute approximate surface area is 176 Å². The number of rotatable bonds is 9. The van der Waals surface area contributed by atoms with Gasteiger partial charge in [-0.3, -0.25) is 4.79 Å². The van der Waals surface area contributed by atoms with Crippen molar-refractivity contribution in [2.24, 2.45) is 5.16 Å².